The van der Waals surface area contributed by atoms with Crippen LogP contribution in [0.2, 0.25) is 0 Å². The smallest absolute Gasteiger partial charge is 0.243 e. The van der Waals surface area contributed by atoms with Gasteiger partial charge in [0.2, 0.25) is 10.0 Å². The Morgan fingerprint density at radius 2 is 2.06 bits per heavy atom. The highest BCUT2D eigenvalue weighted by molar-refractivity contribution is 7.89. The fourth-order valence-electron chi connectivity index (χ4n) is 2.05. The van der Waals surface area contributed by atoms with Gasteiger partial charge in [-0.3, -0.25) is 4.68 Å². The lowest BCUT2D eigenvalue weighted by Gasteiger charge is -2.06. The summed E-state index contributed by atoms with van der Waals surface area (Å²) in [6, 6.07) is 0.655. The largest absolute Gasteiger partial charge is 0.312 e. The molecule has 1 aliphatic rings. The molecule has 2 rings (SSSR count). The van der Waals surface area contributed by atoms with Crippen LogP contribution in [0.3, 0.4) is 0 Å². The summed E-state index contributed by atoms with van der Waals surface area (Å²) in [5.74, 6) is 0. The SMILES string of the molecule is CNS(=O)(=O)c1c(C)nn(CCNC2CC2)c1C. The number of hydrogen-bond donors (Lipinski definition) is 2. The van der Waals surface area contributed by atoms with Gasteiger partial charge in [-0.25, -0.2) is 13.1 Å². The molecule has 1 fully saturated rings. The lowest BCUT2D eigenvalue weighted by Crippen LogP contribution is -2.23. The number of nitrogens with zero attached hydrogens (tertiary/aromatic N) is 2. The third kappa shape index (κ3) is 2.73. The van der Waals surface area contributed by atoms with E-state index >= 15 is 0 Å². The van der Waals surface area contributed by atoms with Crippen LogP contribution < -0.4 is 10.0 Å². The van der Waals surface area contributed by atoms with Crippen LogP contribution in [0.5, 0.6) is 0 Å². The Hall–Kier alpha value is -0.920. The van der Waals surface area contributed by atoms with Crippen molar-refractivity contribution in [3.8, 4) is 0 Å². The lowest BCUT2D eigenvalue weighted by molar-refractivity contribution is 0.539. The van der Waals surface area contributed by atoms with Crippen molar-refractivity contribution in [1.82, 2.24) is 19.8 Å². The summed E-state index contributed by atoms with van der Waals surface area (Å²) in [5, 5.41) is 7.69. The van der Waals surface area contributed by atoms with Crippen LogP contribution in [0.15, 0.2) is 4.90 Å². The minimum atomic E-state index is -3.42. The second-order valence-corrected chi connectivity index (χ2v) is 6.48. The number of aromatic nitrogens is 2. The van der Waals surface area contributed by atoms with Crippen molar-refractivity contribution in [2.24, 2.45) is 0 Å². The van der Waals surface area contributed by atoms with Crippen molar-refractivity contribution < 1.29 is 8.42 Å². The molecule has 0 radical (unpaired) electrons. The van der Waals surface area contributed by atoms with E-state index in [-0.39, 0.29) is 0 Å². The van der Waals surface area contributed by atoms with Crippen LogP contribution in [0.4, 0.5) is 0 Å². The van der Waals surface area contributed by atoms with Crippen LogP contribution in [0.1, 0.15) is 24.2 Å². The molecule has 1 saturated carbocycles. The van der Waals surface area contributed by atoms with E-state index in [2.05, 4.69) is 15.1 Å². The first-order valence-electron chi connectivity index (χ1n) is 6.16. The first kappa shape index (κ1) is 13.5. The van der Waals surface area contributed by atoms with Crippen LogP contribution in [0.25, 0.3) is 0 Å². The Bertz CT molecular complexity index is 531. The van der Waals surface area contributed by atoms with E-state index < -0.39 is 10.0 Å². The molecule has 102 valence electrons. The van der Waals surface area contributed by atoms with E-state index in [1.54, 1.807) is 18.5 Å². The maximum Gasteiger partial charge on any atom is 0.243 e. The van der Waals surface area contributed by atoms with Gasteiger partial charge in [0.25, 0.3) is 0 Å². The monoisotopic (exact) mass is 272 g/mol. The Morgan fingerprint density at radius 3 is 2.61 bits per heavy atom. The van der Waals surface area contributed by atoms with Crippen molar-refractivity contribution in [3.05, 3.63) is 11.4 Å². The number of sulfonamides is 1. The van der Waals surface area contributed by atoms with Gasteiger partial charge >= 0.3 is 0 Å². The molecule has 1 aromatic heterocycles. The van der Waals surface area contributed by atoms with Crippen LogP contribution >= 0.6 is 0 Å². The average molecular weight is 272 g/mol. The first-order chi connectivity index (χ1) is 8.45. The number of rotatable bonds is 6. The molecule has 1 aromatic rings. The minimum absolute atomic E-state index is 0.302. The quantitative estimate of drug-likeness (QED) is 0.773. The van der Waals surface area contributed by atoms with Gasteiger partial charge < -0.3 is 5.32 Å². The minimum Gasteiger partial charge on any atom is -0.312 e. The molecule has 6 nitrogen and oxygen atoms in total. The van der Waals surface area contributed by atoms with Gasteiger partial charge in [0.15, 0.2) is 0 Å². The molecule has 1 aliphatic carbocycles. The molecule has 0 bridgehead atoms. The van der Waals surface area contributed by atoms with E-state index in [9.17, 15) is 8.42 Å². The standard InChI is InChI=1S/C11H20N4O2S/c1-8-11(18(16,17)12-3)9(2)15(14-8)7-6-13-10-4-5-10/h10,12-13H,4-7H2,1-3H3. The Morgan fingerprint density at radius 1 is 1.39 bits per heavy atom. The normalized spacial score (nSPS) is 16.2. The van der Waals surface area contributed by atoms with Crippen molar-refractivity contribution in [1.29, 1.82) is 0 Å². The van der Waals surface area contributed by atoms with Gasteiger partial charge in [-0.2, -0.15) is 5.10 Å². The number of aryl methyl sites for hydroxylation is 1. The highest BCUT2D eigenvalue weighted by Crippen LogP contribution is 2.20. The molecule has 0 amide bonds. The van der Waals surface area contributed by atoms with Crippen molar-refractivity contribution >= 4 is 10.0 Å². The van der Waals surface area contributed by atoms with Gasteiger partial charge in [0.1, 0.15) is 4.90 Å². The van der Waals surface area contributed by atoms with Crippen LogP contribution in [-0.2, 0) is 16.6 Å². The molecule has 0 aliphatic heterocycles. The summed E-state index contributed by atoms with van der Waals surface area (Å²) < 4.78 is 27.8. The predicted molar refractivity (Wildman–Crippen MR) is 69.0 cm³/mol. The highest BCUT2D eigenvalue weighted by atomic mass is 32.2. The third-order valence-corrected chi connectivity index (χ3v) is 4.85. The summed E-state index contributed by atoms with van der Waals surface area (Å²) in [5.41, 5.74) is 1.24. The molecule has 0 atom stereocenters. The van der Waals surface area contributed by atoms with Crippen LogP contribution in [0, 0.1) is 13.8 Å². The topological polar surface area (TPSA) is 76.0 Å². The maximum atomic E-state index is 11.9. The summed E-state index contributed by atoms with van der Waals surface area (Å²) in [7, 11) is -2.00. The fourth-order valence-corrected chi connectivity index (χ4v) is 3.18. The molecule has 0 spiro atoms. The van der Waals surface area contributed by atoms with Gasteiger partial charge in [-0.1, -0.05) is 0 Å². The molecule has 1 heterocycles. The second kappa shape index (κ2) is 4.99. The van der Waals surface area contributed by atoms with Crippen molar-refractivity contribution in [2.75, 3.05) is 13.6 Å². The summed E-state index contributed by atoms with van der Waals surface area (Å²) in [6.07, 6.45) is 2.49. The summed E-state index contributed by atoms with van der Waals surface area (Å²) in [4.78, 5) is 0.302. The molecule has 0 unspecified atom stereocenters. The molecule has 7 heteroatoms. The van der Waals surface area contributed by atoms with Crippen molar-refractivity contribution in [3.63, 3.8) is 0 Å². The Balaban J connectivity index is 2.14. The van der Waals surface area contributed by atoms with Crippen molar-refractivity contribution in [2.45, 2.75) is 44.2 Å². The molecular weight excluding hydrogens is 252 g/mol. The fraction of sp³-hybridized carbons (Fsp3) is 0.727. The lowest BCUT2D eigenvalue weighted by atomic mass is 10.4. The molecular formula is C11H20N4O2S. The molecule has 18 heavy (non-hydrogen) atoms. The molecule has 0 saturated heterocycles. The molecule has 2 N–H and O–H groups in total. The van der Waals surface area contributed by atoms with Gasteiger partial charge in [0, 0.05) is 12.6 Å². The highest BCUT2D eigenvalue weighted by Gasteiger charge is 2.23. The van der Waals surface area contributed by atoms with Gasteiger partial charge in [-0.05, 0) is 33.7 Å². The first-order valence-corrected chi connectivity index (χ1v) is 7.65. The predicted octanol–water partition coefficient (Wildman–Crippen LogP) is 0.160. The number of hydrogen-bond acceptors (Lipinski definition) is 4. The van der Waals surface area contributed by atoms with Gasteiger partial charge in [0.05, 0.1) is 17.9 Å². The van der Waals surface area contributed by atoms with Gasteiger partial charge in [-0.15, -0.1) is 0 Å². The summed E-state index contributed by atoms with van der Waals surface area (Å²) >= 11 is 0. The zero-order valence-electron chi connectivity index (χ0n) is 11.0. The molecule has 0 aromatic carbocycles. The van der Waals surface area contributed by atoms with E-state index in [0.29, 0.717) is 28.9 Å². The van der Waals surface area contributed by atoms with E-state index in [1.165, 1.54) is 19.9 Å². The maximum absolute atomic E-state index is 11.9. The Kier molecular flexibility index (Phi) is 3.74. The van der Waals surface area contributed by atoms with E-state index in [4.69, 9.17) is 0 Å². The third-order valence-electron chi connectivity index (χ3n) is 3.19. The number of nitrogens with one attached hydrogen (secondary N) is 2. The zero-order chi connectivity index (χ0) is 13.3. The zero-order valence-corrected chi connectivity index (χ0v) is 11.8. The summed E-state index contributed by atoms with van der Waals surface area (Å²) in [6.45, 7) is 5.04. The Labute approximate surface area is 108 Å². The second-order valence-electron chi connectivity index (χ2n) is 4.66. The van der Waals surface area contributed by atoms with Crippen LogP contribution in [-0.4, -0.2) is 37.8 Å². The van der Waals surface area contributed by atoms with E-state index in [0.717, 1.165) is 6.54 Å². The van der Waals surface area contributed by atoms with E-state index in [1.807, 2.05) is 0 Å². The average Bonchev–Trinajstić information content (AvgIpc) is 3.06.